The number of hydrogen-bond donors (Lipinski definition) is 1. The topological polar surface area (TPSA) is 77.8 Å². The molecule has 4 aromatic rings. The van der Waals surface area contributed by atoms with Crippen molar-refractivity contribution in [2.24, 2.45) is 0 Å². The third kappa shape index (κ3) is 5.63. The third-order valence-corrected chi connectivity index (χ3v) is 5.79. The van der Waals surface area contributed by atoms with Crippen LogP contribution in [0.4, 0.5) is 18.9 Å². The molecule has 0 aliphatic heterocycles. The molecule has 1 amide bonds. The van der Waals surface area contributed by atoms with Gasteiger partial charge < -0.3 is 19.2 Å². The summed E-state index contributed by atoms with van der Waals surface area (Å²) in [4.78, 5) is 25.0. The Morgan fingerprint density at radius 2 is 1.75 bits per heavy atom. The Hall–Kier alpha value is -3.98. The van der Waals surface area contributed by atoms with Gasteiger partial charge in [-0.15, -0.1) is 0 Å². The number of carbonyl (C=O) groups excluding carboxylic acids is 1. The van der Waals surface area contributed by atoms with E-state index in [1.807, 2.05) is 13.8 Å². The minimum absolute atomic E-state index is 0.0125. The summed E-state index contributed by atoms with van der Waals surface area (Å²) >= 11 is 6.17. The molecule has 6 nitrogen and oxygen atoms in total. The van der Waals surface area contributed by atoms with Crippen LogP contribution in [0.15, 0.2) is 70.1 Å². The van der Waals surface area contributed by atoms with E-state index in [1.165, 1.54) is 36.6 Å². The zero-order chi connectivity index (χ0) is 26.0. The van der Waals surface area contributed by atoms with Crippen molar-refractivity contribution in [3.8, 4) is 17.2 Å². The maximum absolute atomic E-state index is 12.9. The molecule has 1 aromatic heterocycles. The van der Waals surface area contributed by atoms with Crippen molar-refractivity contribution in [3.05, 3.63) is 92.8 Å². The summed E-state index contributed by atoms with van der Waals surface area (Å²) in [7, 11) is 0. The van der Waals surface area contributed by atoms with Crippen molar-refractivity contribution in [2.75, 3.05) is 11.9 Å². The Morgan fingerprint density at radius 1 is 1.03 bits per heavy atom. The molecule has 1 heterocycles. The standard InChI is InChI=1S/C26H19ClF3NO5/c1-14-8-19(9-15(2)24(14)27)36-22-12-35-21-11-18(6-7-20(21)25(22)33)34-13-23(32)31-17-5-3-4-16(10-17)26(28,29)30/h3-12H,13H2,1-2H3,(H,31,32). The fraction of sp³-hybridized carbons (Fsp3) is 0.154. The van der Waals surface area contributed by atoms with Crippen LogP contribution >= 0.6 is 11.6 Å². The molecule has 0 saturated heterocycles. The first-order valence-corrected chi connectivity index (χ1v) is 11.0. The minimum Gasteiger partial charge on any atom is -0.484 e. The molecule has 0 unspecified atom stereocenters. The average molecular weight is 518 g/mol. The number of rotatable bonds is 6. The van der Waals surface area contributed by atoms with Gasteiger partial charge >= 0.3 is 6.18 Å². The number of fused-ring (bicyclic) bond motifs is 1. The Morgan fingerprint density at radius 3 is 2.44 bits per heavy atom. The highest BCUT2D eigenvalue weighted by atomic mass is 35.5. The van der Waals surface area contributed by atoms with Crippen LogP contribution in [0.2, 0.25) is 5.02 Å². The van der Waals surface area contributed by atoms with Crippen molar-refractivity contribution in [1.29, 1.82) is 0 Å². The van der Waals surface area contributed by atoms with Gasteiger partial charge in [-0.2, -0.15) is 13.2 Å². The van der Waals surface area contributed by atoms with Crippen molar-refractivity contribution in [1.82, 2.24) is 0 Å². The SMILES string of the molecule is Cc1cc(Oc2coc3cc(OCC(=O)Nc4cccc(C(F)(F)F)c4)ccc3c2=O)cc(C)c1Cl. The van der Waals surface area contributed by atoms with E-state index < -0.39 is 29.7 Å². The molecule has 1 N–H and O–H groups in total. The molecule has 0 radical (unpaired) electrons. The summed E-state index contributed by atoms with van der Waals surface area (Å²) in [5.74, 6) is -0.0128. The van der Waals surface area contributed by atoms with Crippen LogP contribution in [-0.4, -0.2) is 12.5 Å². The molecule has 186 valence electrons. The zero-order valence-electron chi connectivity index (χ0n) is 19.0. The Labute approximate surface area is 208 Å². The quantitative estimate of drug-likeness (QED) is 0.301. The van der Waals surface area contributed by atoms with Crippen LogP contribution in [0.25, 0.3) is 11.0 Å². The fourth-order valence-corrected chi connectivity index (χ4v) is 3.57. The van der Waals surface area contributed by atoms with E-state index in [2.05, 4.69) is 5.32 Å². The van der Waals surface area contributed by atoms with Crippen LogP contribution < -0.4 is 20.2 Å². The van der Waals surface area contributed by atoms with Gasteiger partial charge in [0.15, 0.2) is 6.61 Å². The molecule has 0 aliphatic rings. The third-order valence-electron chi connectivity index (χ3n) is 5.20. The van der Waals surface area contributed by atoms with E-state index >= 15 is 0 Å². The first-order chi connectivity index (χ1) is 17.0. The number of alkyl halides is 3. The van der Waals surface area contributed by atoms with E-state index in [0.29, 0.717) is 10.8 Å². The number of carbonyl (C=O) groups is 1. The molecule has 0 spiro atoms. The van der Waals surface area contributed by atoms with E-state index in [-0.39, 0.29) is 28.2 Å². The van der Waals surface area contributed by atoms with Crippen molar-refractivity contribution < 1.29 is 31.9 Å². The molecule has 0 aliphatic carbocycles. The van der Waals surface area contributed by atoms with E-state index in [0.717, 1.165) is 23.3 Å². The number of benzene rings is 3. The summed E-state index contributed by atoms with van der Waals surface area (Å²) in [5, 5.41) is 3.20. The van der Waals surface area contributed by atoms with Crippen LogP contribution in [0.5, 0.6) is 17.2 Å². The van der Waals surface area contributed by atoms with Gasteiger partial charge in [-0.25, -0.2) is 0 Å². The lowest BCUT2D eigenvalue weighted by atomic mass is 10.1. The number of amides is 1. The monoisotopic (exact) mass is 517 g/mol. The largest absolute Gasteiger partial charge is 0.484 e. The second-order valence-corrected chi connectivity index (χ2v) is 8.35. The average Bonchev–Trinajstić information content (AvgIpc) is 2.82. The van der Waals surface area contributed by atoms with Crippen molar-refractivity contribution in [2.45, 2.75) is 20.0 Å². The zero-order valence-corrected chi connectivity index (χ0v) is 19.8. The fourth-order valence-electron chi connectivity index (χ4n) is 3.46. The highest BCUT2D eigenvalue weighted by molar-refractivity contribution is 6.32. The second kappa shape index (κ2) is 9.94. The van der Waals surface area contributed by atoms with E-state index in [9.17, 15) is 22.8 Å². The second-order valence-electron chi connectivity index (χ2n) is 7.98. The molecule has 0 saturated carbocycles. The highest BCUT2D eigenvalue weighted by Gasteiger charge is 2.30. The number of nitrogens with one attached hydrogen (secondary N) is 1. The molecule has 0 bridgehead atoms. The van der Waals surface area contributed by atoms with Gasteiger partial charge in [0, 0.05) is 16.8 Å². The number of halogens is 4. The molecular weight excluding hydrogens is 499 g/mol. The first-order valence-electron chi connectivity index (χ1n) is 10.6. The Kier molecular flexibility index (Phi) is 6.94. The van der Waals surface area contributed by atoms with Gasteiger partial charge in [0.1, 0.15) is 23.3 Å². The lowest BCUT2D eigenvalue weighted by Gasteiger charge is -2.11. The summed E-state index contributed by atoms with van der Waals surface area (Å²) in [6, 6.07) is 12.0. The van der Waals surface area contributed by atoms with Gasteiger partial charge in [-0.3, -0.25) is 9.59 Å². The Balaban J connectivity index is 1.45. The molecule has 36 heavy (non-hydrogen) atoms. The molecule has 0 atom stereocenters. The van der Waals surface area contributed by atoms with Crippen molar-refractivity contribution >= 4 is 34.2 Å². The lowest BCUT2D eigenvalue weighted by Crippen LogP contribution is -2.20. The van der Waals surface area contributed by atoms with Crippen LogP contribution in [-0.2, 0) is 11.0 Å². The summed E-state index contributed by atoms with van der Waals surface area (Å²) in [5.41, 5.74) is 0.505. The Bertz CT molecular complexity index is 1490. The van der Waals surface area contributed by atoms with Crippen LogP contribution in [0.1, 0.15) is 16.7 Å². The van der Waals surface area contributed by atoms with Crippen LogP contribution in [0.3, 0.4) is 0 Å². The predicted octanol–water partition coefficient (Wildman–Crippen LogP) is 6.89. The molecule has 10 heteroatoms. The molecule has 0 fully saturated rings. The van der Waals surface area contributed by atoms with Crippen LogP contribution in [0, 0.1) is 13.8 Å². The van der Waals surface area contributed by atoms with Crippen molar-refractivity contribution in [3.63, 3.8) is 0 Å². The lowest BCUT2D eigenvalue weighted by molar-refractivity contribution is -0.137. The first kappa shape index (κ1) is 25.1. The number of ether oxygens (including phenoxy) is 2. The number of aryl methyl sites for hydroxylation is 2. The predicted molar refractivity (Wildman–Crippen MR) is 129 cm³/mol. The number of hydrogen-bond acceptors (Lipinski definition) is 5. The van der Waals surface area contributed by atoms with E-state index in [4.69, 9.17) is 25.5 Å². The van der Waals surface area contributed by atoms with Gasteiger partial charge in [0.2, 0.25) is 11.2 Å². The number of anilines is 1. The van der Waals surface area contributed by atoms with Gasteiger partial charge in [0.05, 0.1) is 10.9 Å². The summed E-state index contributed by atoms with van der Waals surface area (Å²) < 4.78 is 55.1. The summed E-state index contributed by atoms with van der Waals surface area (Å²) in [6.07, 6.45) is -3.35. The molecule has 3 aromatic carbocycles. The maximum atomic E-state index is 12.9. The molecule has 4 rings (SSSR count). The smallest absolute Gasteiger partial charge is 0.416 e. The molecular formula is C26H19ClF3NO5. The maximum Gasteiger partial charge on any atom is 0.416 e. The normalized spacial score (nSPS) is 11.4. The van der Waals surface area contributed by atoms with Gasteiger partial charge in [-0.05, 0) is 67.4 Å². The minimum atomic E-state index is -4.52. The summed E-state index contributed by atoms with van der Waals surface area (Å²) in [6.45, 7) is 3.18. The van der Waals surface area contributed by atoms with Gasteiger partial charge in [0.25, 0.3) is 5.91 Å². The van der Waals surface area contributed by atoms with Gasteiger partial charge in [-0.1, -0.05) is 17.7 Å². The highest BCUT2D eigenvalue weighted by Crippen LogP contribution is 2.31. The van der Waals surface area contributed by atoms with E-state index in [1.54, 1.807) is 12.1 Å².